The van der Waals surface area contributed by atoms with Gasteiger partial charge in [-0.15, -0.1) is 11.3 Å². The molecular formula is C18H21N3S. The first-order valence-corrected chi connectivity index (χ1v) is 8.80. The quantitative estimate of drug-likeness (QED) is 0.781. The molecule has 1 saturated heterocycles. The fraction of sp³-hybridized carbons (Fsp3) is 0.389. The molecule has 3 heterocycles. The van der Waals surface area contributed by atoms with Crippen molar-refractivity contribution in [2.75, 3.05) is 13.1 Å². The first-order valence-electron chi connectivity index (χ1n) is 7.98. The summed E-state index contributed by atoms with van der Waals surface area (Å²) in [5.74, 6) is 0.614. The van der Waals surface area contributed by atoms with Crippen LogP contribution in [0.15, 0.2) is 36.7 Å². The Kier molecular flexibility index (Phi) is 3.72. The van der Waals surface area contributed by atoms with E-state index in [4.69, 9.17) is 0 Å². The molecule has 0 bridgehead atoms. The Hall–Kier alpha value is -1.65. The second-order valence-electron chi connectivity index (χ2n) is 6.28. The molecule has 3 aromatic rings. The number of rotatable bonds is 3. The summed E-state index contributed by atoms with van der Waals surface area (Å²) in [6.07, 6.45) is 6.57. The van der Waals surface area contributed by atoms with Crippen molar-refractivity contribution in [2.24, 2.45) is 0 Å². The number of thiazole rings is 1. The molecule has 3 nitrogen and oxygen atoms in total. The van der Waals surface area contributed by atoms with Gasteiger partial charge in [-0.3, -0.25) is 4.90 Å². The second kappa shape index (κ2) is 5.86. The monoisotopic (exact) mass is 311 g/mol. The Morgan fingerprint density at radius 3 is 3.18 bits per heavy atom. The maximum Gasteiger partial charge on any atom is 0.0971 e. The molecule has 1 aromatic carbocycles. The van der Waals surface area contributed by atoms with E-state index in [-0.39, 0.29) is 0 Å². The van der Waals surface area contributed by atoms with Crippen LogP contribution < -0.4 is 0 Å². The number of nitrogens with zero attached hydrogens (tertiary/aromatic N) is 2. The fourth-order valence-electron chi connectivity index (χ4n) is 3.42. The molecule has 4 heteroatoms. The lowest BCUT2D eigenvalue weighted by Crippen LogP contribution is -2.33. The molecule has 2 aromatic heterocycles. The second-order valence-corrected chi connectivity index (χ2v) is 7.55. The summed E-state index contributed by atoms with van der Waals surface area (Å²) in [6.45, 7) is 5.53. The summed E-state index contributed by atoms with van der Waals surface area (Å²) in [5, 5.41) is 2.63. The maximum atomic E-state index is 4.60. The highest BCUT2D eigenvalue weighted by molar-refractivity contribution is 7.11. The molecule has 0 aliphatic carbocycles. The van der Waals surface area contributed by atoms with Gasteiger partial charge in [0.2, 0.25) is 0 Å². The lowest BCUT2D eigenvalue weighted by Gasteiger charge is -2.31. The van der Waals surface area contributed by atoms with E-state index in [0.29, 0.717) is 5.92 Å². The molecular weight excluding hydrogens is 290 g/mol. The van der Waals surface area contributed by atoms with Gasteiger partial charge in [-0.2, -0.15) is 0 Å². The van der Waals surface area contributed by atoms with Crippen LogP contribution in [0.2, 0.25) is 0 Å². The van der Waals surface area contributed by atoms with Gasteiger partial charge in [0, 0.05) is 41.8 Å². The summed E-state index contributed by atoms with van der Waals surface area (Å²) >= 11 is 1.86. The maximum absolute atomic E-state index is 4.60. The van der Waals surface area contributed by atoms with Gasteiger partial charge in [0.15, 0.2) is 0 Å². The van der Waals surface area contributed by atoms with Crippen LogP contribution in [0.5, 0.6) is 0 Å². The fourth-order valence-corrected chi connectivity index (χ4v) is 4.32. The van der Waals surface area contributed by atoms with Gasteiger partial charge in [0.25, 0.3) is 0 Å². The van der Waals surface area contributed by atoms with Crippen molar-refractivity contribution in [1.82, 2.24) is 14.9 Å². The predicted molar refractivity (Wildman–Crippen MR) is 92.4 cm³/mol. The minimum Gasteiger partial charge on any atom is -0.361 e. The molecule has 1 fully saturated rings. The van der Waals surface area contributed by atoms with Gasteiger partial charge in [0.1, 0.15) is 0 Å². The van der Waals surface area contributed by atoms with Crippen LogP contribution in [-0.4, -0.2) is 28.0 Å². The van der Waals surface area contributed by atoms with E-state index < -0.39 is 0 Å². The molecule has 1 aliphatic heterocycles. The zero-order chi connectivity index (χ0) is 14.9. The number of piperidine rings is 1. The zero-order valence-corrected chi connectivity index (χ0v) is 13.7. The van der Waals surface area contributed by atoms with Crippen LogP contribution in [0.3, 0.4) is 0 Å². The van der Waals surface area contributed by atoms with Crippen LogP contribution in [-0.2, 0) is 6.54 Å². The standard InChI is InChI=1S/C18H21N3S/c1-13-10-20-18(22-13)16-3-2-8-21(12-16)11-14-4-5-17-15(9-14)6-7-19-17/h4-7,9-10,16,19H,2-3,8,11-12H2,1H3. The highest BCUT2D eigenvalue weighted by Gasteiger charge is 2.23. The minimum atomic E-state index is 0.614. The summed E-state index contributed by atoms with van der Waals surface area (Å²) in [7, 11) is 0. The molecule has 0 amide bonds. The van der Waals surface area contributed by atoms with E-state index in [2.05, 4.69) is 46.1 Å². The molecule has 0 radical (unpaired) electrons. The third kappa shape index (κ3) is 2.81. The van der Waals surface area contributed by atoms with Crippen molar-refractivity contribution in [2.45, 2.75) is 32.2 Å². The van der Waals surface area contributed by atoms with E-state index in [1.807, 2.05) is 23.7 Å². The number of hydrogen-bond acceptors (Lipinski definition) is 3. The number of likely N-dealkylation sites (tertiary alicyclic amines) is 1. The van der Waals surface area contributed by atoms with Crippen molar-refractivity contribution in [1.29, 1.82) is 0 Å². The number of aromatic amines is 1. The zero-order valence-electron chi connectivity index (χ0n) is 12.9. The van der Waals surface area contributed by atoms with Crippen LogP contribution >= 0.6 is 11.3 Å². The number of nitrogens with one attached hydrogen (secondary N) is 1. The van der Waals surface area contributed by atoms with Gasteiger partial charge < -0.3 is 4.98 Å². The van der Waals surface area contributed by atoms with Crippen LogP contribution in [0.4, 0.5) is 0 Å². The van der Waals surface area contributed by atoms with Gasteiger partial charge in [0.05, 0.1) is 5.01 Å². The summed E-state index contributed by atoms with van der Waals surface area (Å²) < 4.78 is 0. The van der Waals surface area contributed by atoms with E-state index in [1.165, 1.54) is 45.7 Å². The third-order valence-corrected chi connectivity index (χ3v) is 5.59. The average molecular weight is 311 g/mol. The van der Waals surface area contributed by atoms with Crippen molar-refractivity contribution in [3.63, 3.8) is 0 Å². The largest absolute Gasteiger partial charge is 0.361 e. The number of H-pyrrole nitrogens is 1. The van der Waals surface area contributed by atoms with Gasteiger partial charge in [-0.25, -0.2) is 4.98 Å². The minimum absolute atomic E-state index is 0.614. The summed E-state index contributed by atoms with van der Waals surface area (Å²) in [5.41, 5.74) is 2.63. The normalized spacial score (nSPS) is 19.8. The molecule has 0 spiro atoms. The SMILES string of the molecule is Cc1cnc(C2CCCN(Cc3ccc4[nH]ccc4c3)C2)s1. The molecule has 1 aliphatic rings. The van der Waals surface area contributed by atoms with Crippen molar-refractivity contribution < 1.29 is 0 Å². The van der Waals surface area contributed by atoms with Gasteiger partial charge >= 0.3 is 0 Å². The molecule has 1 N–H and O–H groups in total. The summed E-state index contributed by atoms with van der Waals surface area (Å²) in [4.78, 5) is 11.8. The molecule has 1 atom stereocenters. The molecule has 1 unspecified atom stereocenters. The van der Waals surface area contributed by atoms with E-state index in [0.717, 1.165) is 13.1 Å². The number of benzene rings is 1. The van der Waals surface area contributed by atoms with Crippen molar-refractivity contribution >= 4 is 22.2 Å². The highest BCUT2D eigenvalue weighted by atomic mass is 32.1. The Morgan fingerprint density at radius 2 is 2.32 bits per heavy atom. The first kappa shape index (κ1) is 14.0. The Bertz CT molecular complexity index is 773. The van der Waals surface area contributed by atoms with Crippen LogP contribution in [0.1, 0.15) is 34.2 Å². The number of fused-ring (bicyclic) bond motifs is 1. The molecule has 4 rings (SSSR count). The predicted octanol–water partition coefficient (Wildman–Crippen LogP) is 4.31. The van der Waals surface area contributed by atoms with Gasteiger partial charge in [-0.1, -0.05) is 6.07 Å². The van der Waals surface area contributed by atoms with Gasteiger partial charge in [-0.05, 0) is 55.5 Å². The van der Waals surface area contributed by atoms with Crippen molar-refractivity contribution in [3.8, 4) is 0 Å². The summed E-state index contributed by atoms with van der Waals surface area (Å²) in [6, 6.07) is 8.89. The Morgan fingerprint density at radius 1 is 1.36 bits per heavy atom. The Balaban J connectivity index is 1.47. The lowest BCUT2D eigenvalue weighted by molar-refractivity contribution is 0.200. The first-order chi connectivity index (χ1) is 10.8. The lowest BCUT2D eigenvalue weighted by atomic mass is 9.98. The van der Waals surface area contributed by atoms with E-state index in [9.17, 15) is 0 Å². The number of aryl methyl sites for hydroxylation is 1. The van der Waals surface area contributed by atoms with E-state index in [1.54, 1.807) is 0 Å². The highest BCUT2D eigenvalue weighted by Crippen LogP contribution is 2.30. The molecule has 114 valence electrons. The Labute approximate surface area is 135 Å². The average Bonchev–Trinajstić information content (AvgIpc) is 3.16. The number of hydrogen-bond donors (Lipinski definition) is 1. The van der Waals surface area contributed by atoms with Crippen molar-refractivity contribution in [3.05, 3.63) is 52.1 Å². The van der Waals surface area contributed by atoms with Crippen LogP contribution in [0, 0.1) is 6.92 Å². The van der Waals surface area contributed by atoms with Crippen LogP contribution in [0.25, 0.3) is 10.9 Å². The number of aromatic nitrogens is 2. The topological polar surface area (TPSA) is 31.9 Å². The third-order valence-electron chi connectivity index (χ3n) is 4.52. The smallest absolute Gasteiger partial charge is 0.0971 e. The van der Waals surface area contributed by atoms with E-state index >= 15 is 0 Å². The molecule has 0 saturated carbocycles. The molecule has 22 heavy (non-hydrogen) atoms.